The summed E-state index contributed by atoms with van der Waals surface area (Å²) in [5.74, 6) is 1.97. The summed E-state index contributed by atoms with van der Waals surface area (Å²) in [5, 5.41) is 0. The highest BCUT2D eigenvalue weighted by molar-refractivity contribution is 5.80. The number of para-hydroxylation sites is 2. The van der Waals surface area contributed by atoms with Crippen molar-refractivity contribution in [2.75, 3.05) is 24.3 Å². The van der Waals surface area contributed by atoms with Crippen LogP contribution >= 0.6 is 0 Å². The highest BCUT2D eigenvalue weighted by Crippen LogP contribution is 2.31. The number of nitrogens with two attached hydrogens (primary N) is 1. The molecule has 0 bridgehead atoms. The lowest BCUT2D eigenvalue weighted by Gasteiger charge is -2.30. The number of methoxy groups -OCH3 is 1. The predicted molar refractivity (Wildman–Crippen MR) is 88.2 cm³/mol. The lowest BCUT2D eigenvalue weighted by atomic mass is 10.2. The van der Waals surface area contributed by atoms with Gasteiger partial charge in [0.15, 0.2) is 0 Å². The molecule has 2 N–H and O–H groups in total. The molecule has 0 atom stereocenters. The van der Waals surface area contributed by atoms with E-state index in [1.54, 1.807) is 7.11 Å². The molecule has 22 heavy (non-hydrogen) atoms. The number of imidazole rings is 1. The van der Waals surface area contributed by atoms with Gasteiger partial charge in [-0.15, -0.1) is 0 Å². The molecule has 0 unspecified atom stereocenters. The number of ether oxygens (including phenoxy) is 1. The maximum absolute atomic E-state index is 5.86. The van der Waals surface area contributed by atoms with Crippen LogP contribution < -0.4 is 15.4 Å². The van der Waals surface area contributed by atoms with Gasteiger partial charge in [-0.2, -0.15) is 0 Å². The van der Waals surface area contributed by atoms with E-state index in [0.29, 0.717) is 0 Å². The summed E-state index contributed by atoms with van der Waals surface area (Å²) in [7, 11) is 1.71. The number of aromatic nitrogens is 2. The van der Waals surface area contributed by atoms with Crippen molar-refractivity contribution in [3.8, 4) is 5.75 Å². The van der Waals surface area contributed by atoms with E-state index in [1.807, 2.05) is 30.3 Å². The first-order valence-electron chi connectivity index (χ1n) is 7.39. The van der Waals surface area contributed by atoms with Crippen molar-refractivity contribution >= 4 is 22.4 Å². The molecule has 1 aliphatic heterocycles. The van der Waals surface area contributed by atoms with Gasteiger partial charge in [0, 0.05) is 18.8 Å². The van der Waals surface area contributed by atoms with E-state index in [4.69, 9.17) is 15.5 Å². The van der Waals surface area contributed by atoms with Crippen LogP contribution in [0.5, 0.6) is 5.75 Å². The summed E-state index contributed by atoms with van der Waals surface area (Å²) in [6.07, 6.45) is 0. The topological polar surface area (TPSA) is 56.3 Å². The van der Waals surface area contributed by atoms with Crippen molar-refractivity contribution in [1.29, 1.82) is 0 Å². The van der Waals surface area contributed by atoms with Gasteiger partial charge in [-0.3, -0.25) is 0 Å². The molecule has 112 valence electrons. The average Bonchev–Trinajstić information content (AvgIpc) is 2.91. The highest BCUT2D eigenvalue weighted by atomic mass is 16.5. The molecule has 1 aromatic heterocycles. The Morgan fingerprint density at radius 2 is 2.00 bits per heavy atom. The molecule has 0 spiro atoms. The molecular formula is C17H18N4O. The SMILES string of the molecule is COc1ccccc1N1CCn2c(nc3cc(N)ccc32)C1. The quantitative estimate of drug-likeness (QED) is 0.738. The van der Waals surface area contributed by atoms with E-state index in [-0.39, 0.29) is 0 Å². The van der Waals surface area contributed by atoms with Crippen molar-refractivity contribution < 1.29 is 4.74 Å². The zero-order valence-corrected chi connectivity index (χ0v) is 12.5. The third-order valence-corrected chi connectivity index (χ3v) is 4.20. The monoisotopic (exact) mass is 294 g/mol. The first-order valence-corrected chi connectivity index (χ1v) is 7.39. The Hall–Kier alpha value is -2.69. The summed E-state index contributed by atoms with van der Waals surface area (Å²) in [6, 6.07) is 14.0. The number of anilines is 2. The minimum absolute atomic E-state index is 0.754. The van der Waals surface area contributed by atoms with E-state index in [2.05, 4.69) is 21.6 Å². The fourth-order valence-electron chi connectivity index (χ4n) is 3.13. The second-order valence-electron chi connectivity index (χ2n) is 5.52. The van der Waals surface area contributed by atoms with Crippen LogP contribution in [0.1, 0.15) is 5.82 Å². The van der Waals surface area contributed by atoms with Gasteiger partial charge >= 0.3 is 0 Å². The largest absolute Gasteiger partial charge is 0.495 e. The van der Waals surface area contributed by atoms with E-state index < -0.39 is 0 Å². The maximum atomic E-state index is 5.86. The van der Waals surface area contributed by atoms with E-state index in [0.717, 1.165) is 53.6 Å². The van der Waals surface area contributed by atoms with Gasteiger partial charge in [0.1, 0.15) is 11.6 Å². The minimum Gasteiger partial charge on any atom is -0.495 e. The molecule has 5 heteroatoms. The van der Waals surface area contributed by atoms with E-state index >= 15 is 0 Å². The smallest absolute Gasteiger partial charge is 0.142 e. The first-order chi connectivity index (χ1) is 10.8. The molecule has 5 nitrogen and oxygen atoms in total. The summed E-state index contributed by atoms with van der Waals surface area (Å²) >= 11 is 0. The molecular weight excluding hydrogens is 276 g/mol. The van der Waals surface area contributed by atoms with Crippen molar-refractivity contribution in [3.63, 3.8) is 0 Å². The second kappa shape index (κ2) is 4.94. The molecule has 0 radical (unpaired) electrons. The van der Waals surface area contributed by atoms with Crippen LogP contribution in [0.2, 0.25) is 0 Å². The third kappa shape index (κ3) is 1.97. The molecule has 1 aliphatic rings. The lowest BCUT2D eigenvalue weighted by molar-refractivity contribution is 0.412. The number of rotatable bonds is 2. The number of hydrogen-bond acceptors (Lipinski definition) is 4. The van der Waals surface area contributed by atoms with Crippen LogP contribution in [-0.2, 0) is 13.1 Å². The Balaban J connectivity index is 1.74. The van der Waals surface area contributed by atoms with E-state index in [9.17, 15) is 0 Å². The maximum Gasteiger partial charge on any atom is 0.142 e. The third-order valence-electron chi connectivity index (χ3n) is 4.20. The summed E-state index contributed by atoms with van der Waals surface area (Å²) in [4.78, 5) is 7.05. The van der Waals surface area contributed by atoms with Crippen molar-refractivity contribution in [1.82, 2.24) is 9.55 Å². The Kier molecular flexibility index (Phi) is 2.92. The Bertz CT molecular complexity index is 840. The predicted octanol–water partition coefficient (Wildman–Crippen LogP) is 2.65. The fourth-order valence-corrected chi connectivity index (χ4v) is 3.13. The van der Waals surface area contributed by atoms with Crippen LogP contribution in [0.4, 0.5) is 11.4 Å². The zero-order chi connectivity index (χ0) is 15.1. The van der Waals surface area contributed by atoms with Crippen LogP contribution in [0.3, 0.4) is 0 Å². The van der Waals surface area contributed by atoms with Crippen molar-refractivity contribution in [2.45, 2.75) is 13.1 Å². The van der Waals surface area contributed by atoms with Crippen LogP contribution in [0, 0.1) is 0 Å². The molecule has 0 saturated heterocycles. The number of nitrogen functional groups attached to an aromatic ring is 1. The number of hydrogen-bond donors (Lipinski definition) is 1. The summed E-state index contributed by atoms with van der Waals surface area (Å²) in [6.45, 7) is 2.62. The molecule has 0 fully saturated rings. The van der Waals surface area contributed by atoms with Gasteiger partial charge in [0.2, 0.25) is 0 Å². The van der Waals surface area contributed by atoms with Crippen molar-refractivity contribution in [3.05, 3.63) is 48.3 Å². The van der Waals surface area contributed by atoms with Crippen molar-refractivity contribution in [2.24, 2.45) is 0 Å². The normalized spacial score (nSPS) is 14.1. The first kappa shape index (κ1) is 13.0. The number of nitrogens with zero attached hydrogens (tertiary/aromatic N) is 3. The molecule has 4 rings (SSSR count). The fraction of sp³-hybridized carbons (Fsp3) is 0.235. The molecule has 2 heterocycles. The van der Waals surface area contributed by atoms with Gasteiger partial charge in [0.05, 0.1) is 30.4 Å². The lowest BCUT2D eigenvalue weighted by Crippen LogP contribution is -2.33. The van der Waals surface area contributed by atoms with Crippen LogP contribution in [-0.4, -0.2) is 23.2 Å². The summed E-state index contributed by atoms with van der Waals surface area (Å²) < 4.78 is 7.75. The van der Waals surface area contributed by atoms with Crippen LogP contribution in [0.25, 0.3) is 11.0 Å². The Morgan fingerprint density at radius 1 is 1.14 bits per heavy atom. The Morgan fingerprint density at radius 3 is 2.86 bits per heavy atom. The number of fused-ring (bicyclic) bond motifs is 3. The van der Waals surface area contributed by atoms with Gasteiger partial charge < -0.3 is 19.9 Å². The summed E-state index contributed by atoms with van der Waals surface area (Å²) in [5.41, 5.74) is 9.86. The highest BCUT2D eigenvalue weighted by Gasteiger charge is 2.22. The zero-order valence-electron chi connectivity index (χ0n) is 12.5. The van der Waals surface area contributed by atoms with Gasteiger partial charge in [-0.1, -0.05) is 12.1 Å². The average molecular weight is 294 g/mol. The number of benzene rings is 2. The molecule has 0 aliphatic carbocycles. The molecule has 3 aromatic rings. The van der Waals surface area contributed by atoms with E-state index in [1.165, 1.54) is 0 Å². The Labute approximate surface area is 128 Å². The second-order valence-corrected chi connectivity index (χ2v) is 5.52. The van der Waals surface area contributed by atoms with Gasteiger partial charge in [-0.05, 0) is 30.3 Å². The minimum atomic E-state index is 0.754. The standard InChI is InChI=1S/C17H18N4O/c1-22-16-5-3-2-4-15(16)20-8-9-21-14-7-6-12(18)10-13(14)19-17(21)11-20/h2-7,10H,8-9,11,18H2,1H3. The van der Waals surface area contributed by atoms with Crippen LogP contribution in [0.15, 0.2) is 42.5 Å². The van der Waals surface area contributed by atoms with Gasteiger partial charge in [0.25, 0.3) is 0 Å². The molecule has 2 aromatic carbocycles. The van der Waals surface area contributed by atoms with Gasteiger partial charge in [-0.25, -0.2) is 4.98 Å². The molecule has 0 saturated carbocycles. The molecule has 0 amide bonds.